The molecule has 4 aromatic rings. The first-order chi connectivity index (χ1) is 18.8. The molecule has 1 aliphatic rings. The van der Waals surface area contributed by atoms with Gasteiger partial charge in [-0.15, -0.1) is 32.9 Å². The minimum Gasteiger partial charge on any atom is -0.465 e. The molecule has 5 rings (SSSR count). The van der Waals surface area contributed by atoms with Gasteiger partial charge in [0.15, 0.2) is 11.0 Å². The zero-order chi connectivity index (χ0) is 27.7. The summed E-state index contributed by atoms with van der Waals surface area (Å²) in [5.41, 5.74) is 6.82. The van der Waals surface area contributed by atoms with Crippen molar-refractivity contribution in [3.8, 4) is 22.5 Å². The van der Waals surface area contributed by atoms with Gasteiger partial charge in [-0.2, -0.15) is 0 Å². The topological polar surface area (TPSA) is 86.1 Å². The molecule has 0 saturated heterocycles. The fraction of sp³-hybridized carbons (Fsp3) is 0.379. The second kappa shape index (κ2) is 11.7. The summed E-state index contributed by atoms with van der Waals surface area (Å²) < 4.78 is 7.17. The highest BCUT2D eigenvalue weighted by Gasteiger charge is 2.26. The van der Waals surface area contributed by atoms with E-state index in [0.717, 1.165) is 46.8 Å². The molecule has 0 spiro atoms. The molecule has 3 heterocycles. The van der Waals surface area contributed by atoms with E-state index in [-0.39, 0.29) is 11.7 Å². The third kappa shape index (κ3) is 5.55. The van der Waals surface area contributed by atoms with Crippen molar-refractivity contribution >= 4 is 51.3 Å². The molecule has 0 aliphatic heterocycles. The number of aryl methyl sites for hydroxylation is 2. The van der Waals surface area contributed by atoms with Gasteiger partial charge in [0.05, 0.1) is 12.9 Å². The van der Waals surface area contributed by atoms with Crippen molar-refractivity contribution in [2.45, 2.75) is 58.7 Å². The molecule has 0 bridgehead atoms. The molecule has 1 atom stereocenters. The number of benzene rings is 1. The fourth-order valence-electron chi connectivity index (χ4n) is 5.02. The third-order valence-corrected chi connectivity index (χ3v) is 10.0. The Hall–Kier alpha value is -2.95. The van der Waals surface area contributed by atoms with Crippen LogP contribution in [-0.2, 0) is 28.9 Å². The zero-order valence-corrected chi connectivity index (χ0v) is 25.2. The Bertz CT molecular complexity index is 1530. The molecule has 1 aliphatic carbocycles. The predicted molar refractivity (Wildman–Crippen MR) is 160 cm³/mol. The number of anilines is 1. The van der Waals surface area contributed by atoms with E-state index in [1.54, 1.807) is 0 Å². The van der Waals surface area contributed by atoms with Gasteiger partial charge in [0, 0.05) is 33.3 Å². The number of thiophene rings is 2. The van der Waals surface area contributed by atoms with Crippen molar-refractivity contribution < 1.29 is 14.3 Å². The van der Waals surface area contributed by atoms with E-state index < -0.39 is 5.97 Å². The van der Waals surface area contributed by atoms with Crippen molar-refractivity contribution in [2.75, 3.05) is 18.2 Å². The first-order valence-electron chi connectivity index (χ1n) is 13.0. The largest absolute Gasteiger partial charge is 0.465 e. The van der Waals surface area contributed by atoms with Crippen LogP contribution in [0.3, 0.4) is 0 Å². The molecule has 0 fully saturated rings. The molecule has 39 heavy (non-hydrogen) atoms. The third-order valence-electron chi connectivity index (χ3n) is 7.12. The number of ether oxygens (including phenoxy) is 1. The van der Waals surface area contributed by atoms with E-state index in [1.165, 1.54) is 52.6 Å². The van der Waals surface area contributed by atoms with Crippen molar-refractivity contribution in [1.29, 1.82) is 0 Å². The molecule has 3 aromatic heterocycles. The number of carbonyl (C=O) groups excluding carboxylic acids is 2. The van der Waals surface area contributed by atoms with E-state index in [9.17, 15) is 9.59 Å². The second-order valence-electron chi connectivity index (χ2n) is 9.95. The minimum atomic E-state index is -0.473. The van der Waals surface area contributed by atoms with Gasteiger partial charge in [0.25, 0.3) is 0 Å². The van der Waals surface area contributed by atoms with Crippen LogP contribution in [0.2, 0.25) is 0 Å². The average Bonchev–Trinajstić information content (AvgIpc) is 3.64. The Balaban J connectivity index is 1.33. The fourth-order valence-corrected chi connectivity index (χ4v) is 8.03. The molecule has 1 N–H and O–H groups in total. The van der Waals surface area contributed by atoms with Gasteiger partial charge in [0.2, 0.25) is 5.91 Å². The van der Waals surface area contributed by atoms with E-state index in [1.807, 2.05) is 48.8 Å². The van der Waals surface area contributed by atoms with Crippen molar-refractivity contribution in [3.63, 3.8) is 0 Å². The van der Waals surface area contributed by atoms with Gasteiger partial charge in [-0.05, 0) is 62.6 Å². The highest BCUT2D eigenvalue weighted by Crippen LogP contribution is 2.39. The lowest BCUT2D eigenvalue weighted by atomic mass is 9.88. The zero-order valence-electron chi connectivity index (χ0n) is 22.8. The monoisotopic (exact) mass is 580 g/mol. The van der Waals surface area contributed by atoms with Crippen LogP contribution in [0, 0.1) is 19.8 Å². The van der Waals surface area contributed by atoms with Gasteiger partial charge in [0.1, 0.15) is 10.6 Å². The summed E-state index contributed by atoms with van der Waals surface area (Å²) in [6.45, 7) is 9.12. The second-order valence-corrected chi connectivity index (χ2v) is 12.7. The number of hydrogen-bond acceptors (Lipinski definition) is 8. The van der Waals surface area contributed by atoms with Crippen LogP contribution in [0.4, 0.5) is 5.00 Å². The Morgan fingerprint density at radius 1 is 1.15 bits per heavy atom. The number of rotatable bonds is 8. The Kier molecular flexibility index (Phi) is 8.25. The molecule has 1 amide bonds. The van der Waals surface area contributed by atoms with Crippen LogP contribution >= 0.6 is 34.4 Å². The number of nitrogens with one attached hydrogen (secondary N) is 1. The lowest BCUT2D eigenvalue weighted by molar-refractivity contribution is -0.113. The number of methoxy groups -OCH3 is 1. The summed E-state index contributed by atoms with van der Waals surface area (Å²) in [6.07, 6.45) is 3.40. The van der Waals surface area contributed by atoms with Crippen LogP contribution in [0.15, 0.2) is 34.1 Å². The molecule has 1 aromatic carbocycles. The molecule has 0 radical (unpaired) electrons. The maximum atomic E-state index is 13.0. The molecule has 1 unspecified atom stereocenters. The number of nitrogens with zero attached hydrogens (tertiary/aromatic N) is 3. The average molecular weight is 581 g/mol. The van der Waals surface area contributed by atoms with E-state index >= 15 is 0 Å². The van der Waals surface area contributed by atoms with Crippen molar-refractivity contribution in [1.82, 2.24) is 14.8 Å². The van der Waals surface area contributed by atoms with Gasteiger partial charge in [-0.3, -0.25) is 4.79 Å². The lowest BCUT2D eigenvalue weighted by Crippen LogP contribution is -2.16. The Morgan fingerprint density at radius 3 is 2.72 bits per heavy atom. The summed E-state index contributed by atoms with van der Waals surface area (Å²) >= 11 is 4.50. The predicted octanol–water partition coefficient (Wildman–Crippen LogP) is 7.01. The summed E-state index contributed by atoms with van der Waals surface area (Å²) in [5, 5.41) is 17.2. The van der Waals surface area contributed by atoms with Gasteiger partial charge in [-0.1, -0.05) is 42.4 Å². The SMILES string of the molecule is CCn1c(SCC(=O)Nc2scc(-c3cc(C)ccc3C)c2C(=O)OC)nnc1-c1csc2c1CCC(C)C2. The standard InChI is InChI=1S/C29H32N4O3S3/c1-6-33-26(22-14-37-23-12-17(3)8-10-19(22)23)31-32-29(33)39-15-24(34)30-27-25(28(35)36-5)21(13-38-27)20-11-16(2)7-9-18(20)4/h7,9,11,13-14,17H,6,8,10,12,15H2,1-5H3,(H,30,34). The Labute approximate surface area is 241 Å². The number of thioether (sulfide) groups is 1. The van der Waals surface area contributed by atoms with Crippen LogP contribution < -0.4 is 5.32 Å². The molecular weight excluding hydrogens is 549 g/mol. The maximum absolute atomic E-state index is 13.0. The minimum absolute atomic E-state index is 0.148. The van der Waals surface area contributed by atoms with Crippen molar-refractivity contribution in [2.24, 2.45) is 5.92 Å². The van der Waals surface area contributed by atoms with Crippen LogP contribution in [0.1, 0.15) is 52.2 Å². The summed E-state index contributed by atoms with van der Waals surface area (Å²) in [5.74, 6) is 1.05. The number of amides is 1. The number of carbonyl (C=O) groups is 2. The highest BCUT2D eigenvalue weighted by molar-refractivity contribution is 7.99. The van der Waals surface area contributed by atoms with Crippen molar-refractivity contribution in [3.05, 3.63) is 56.1 Å². The van der Waals surface area contributed by atoms with Gasteiger partial charge in [-0.25, -0.2) is 4.79 Å². The smallest absolute Gasteiger partial charge is 0.341 e. The number of aromatic nitrogens is 3. The summed E-state index contributed by atoms with van der Waals surface area (Å²) in [7, 11) is 1.36. The van der Waals surface area contributed by atoms with Crippen LogP contribution in [0.5, 0.6) is 0 Å². The van der Waals surface area contributed by atoms with E-state index in [0.29, 0.717) is 22.3 Å². The molecular formula is C29H32N4O3S3. The normalized spacial score (nSPS) is 14.7. The van der Waals surface area contributed by atoms with E-state index in [2.05, 4.69) is 39.3 Å². The van der Waals surface area contributed by atoms with Crippen LogP contribution in [-0.4, -0.2) is 39.5 Å². The maximum Gasteiger partial charge on any atom is 0.341 e. The molecule has 0 saturated carbocycles. The molecule has 204 valence electrons. The lowest BCUT2D eigenvalue weighted by Gasteiger charge is -2.19. The number of esters is 1. The summed E-state index contributed by atoms with van der Waals surface area (Å²) in [6, 6.07) is 6.12. The molecule has 10 heteroatoms. The number of hydrogen-bond donors (Lipinski definition) is 1. The van der Waals surface area contributed by atoms with Gasteiger partial charge < -0.3 is 14.6 Å². The summed E-state index contributed by atoms with van der Waals surface area (Å²) in [4.78, 5) is 27.3. The highest BCUT2D eigenvalue weighted by atomic mass is 32.2. The van der Waals surface area contributed by atoms with Crippen LogP contribution in [0.25, 0.3) is 22.5 Å². The molecule has 7 nitrogen and oxygen atoms in total. The first-order valence-corrected chi connectivity index (χ1v) is 15.8. The Morgan fingerprint density at radius 2 is 1.95 bits per heavy atom. The number of fused-ring (bicyclic) bond motifs is 1. The van der Waals surface area contributed by atoms with Gasteiger partial charge >= 0.3 is 5.97 Å². The van der Waals surface area contributed by atoms with E-state index in [4.69, 9.17) is 4.74 Å². The first kappa shape index (κ1) is 27.6. The quantitative estimate of drug-likeness (QED) is 0.178.